The Balaban J connectivity index is 3.09. The molecule has 70 valence electrons. The number of hydrogen-bond donors (Lipinski definition) is 0. The molecule has 0 amide bonds. The molecule has 0 N–H and O–H groups in total. The van der Waals surface area contributed by atoms with E-state index in [0.717, 1.165) is 5.56 Å². The zero-order chi connectivity index (χ0) is 10.0. The van der Waals surface area contributed by atoms with Crippen LogP contribution in [0.3, 0.4) is 0 Å². The summed E-state index contributed by atoms with van der Waals surface area (Å²) in [7, 11) is 0. The maximum atomic E-state index is 11.4. The van der Waals surface area contributed by atoms with Crippen molar-refractivity contribution in [1.29, 1.82) is 0 Å². The molecule has 13 heavy (non-hydrogen) atoms. The Bertz CT molecular complexity index is 334. The predicted octanol–water partition coefficient (Wildman–Crippen LogP) is 3.63. The molecular weight excluding hydrogens is 230 g/mol. The Morgan fingerprint density at radius 2 is 2.00 bits per heavy atom. The fraction of sp³-hybridized carbons (Fsp3) is 0.222. The molecule has 0 aliphatic heterocycles. The first-order chi connectivity index (χ1) is 6.02. The van der Waals surface area contributed by atoms with Gasteiger partial charge in [-0.05, 0) is 30.7 Å². The van der Waals surface area contributed by atoms with Crippen molar-refractivity contribution in [2.75, 3.05) is 0 Å². The van der Waals surface area contributed by atoms with Gasteiger partial charge in [0.05, 0.1) is 0 Å². The third-order valence-electron chi connectivity index (χ3n) is 1.65. The molecule has 0 fully saturated rings. The SMILES string of the molecule is Cc1cc(Cl)ccc1C(=O)C(Cl)Cl. The van der Waals surface area contributed by atoms with Gasteiger partial charge in [0.1, 0.15) is 0 Å². The minimum Gasteiger partial charge on any atom is -0.291 e. The molecule has 1 rings (SSSR count). The second-order valence-corrected chi connectivity index (χ2v) is 4.16. The van der Waals surface area contributed by atoms with Gasteiger partial charge in [-0.2, -0.15) is 0 Å². The van der Waals surface area contributed by atoms with E-state index in [-0.39, 0.29) is 5.78 Å². The van der Waals surface area contributed by atoms with Crippen molar-refractivity contribution in [3.63, 3.8) is 0 Å². The smallest absolute Gasteiger partial charge is 0.195 e. The van der Waals surface area contributed by atoms with Crippen molar-refractivity contribution in [3.8, 4) is 0 Å². The van der Waals surface area contributed by atoms with Crippen LogP contribution in [0.25, 0.3) is 0 Å². The number of hydrogen-bond acceptors (Lipinski definition) is 1. The van der Waals surface area contributed by atoms with Gasteiger partial charge in [-0.15, -0.1) is 0 Å². The van der Waals surface area contributed by atoms with E-state index in [2.05, 4.69) is 0 Å². The molecule has 4 heteroatoms. The number of carbonyl (C=O) groups excluding carboxylic acids is 1. The lowest BCUT2D eigenvalue weighted by molar-refractivity contribution is 0.101. The molecule has 0 unspecified atom stereocenters. The van der Waals surface area contributed by atoms with Crippen molar-refractivity contribution in [2.24, 2.45) is 0 Å². The zero-order valence-corrected chi connectivity index (χ0v) is 9.12. The average Bonchev–Trinajstić information content (AvgIpc) is 2.03. The van der Waals surface area contributed by atoms with Gasteiger partial charge in [-0.1, -0.05) is 34.8 Å². The highest BCUT2D eigenvalue weighted by Crippen LogP contribution is 2.19. The number of Topliss-reactive ketones (excluding diaryl/α,β-unsaturated/α-hetero) is 1. The molecule has 0 saturated heterocycles. The summed E-state index contributed by atoms with van der Waals surface area (Å²) in [5.74, 6) is -0.294. The van der Waals surface area contributed by atoms with Crippen LogP contribution < -0.4 is 0 Å². The minimum absolute atomic E-state index is 0.294. The van der Waals surface area contributed by atoms with E-state index in [9.17, 15) is 4.79 Å². The summed E-state index contributed by atoms with van der Waals surface area (Å²) < 4.78 is 0. The Morgan fingerprint density at radius 1 is 1.38 bits per heavy atom. The van der Waals surface area contributed by atoms with Crippen molar-refractivity contribution in [1.82, 2.24) is 0 Å². The first kappa shape index (κ1) is 10.8. The van der Waals surface area contributed by atoms with E-state index in [1.54, 1.807) is 25.1 Å². The van der Waals surface area contributed by atoms with Crippen LogP contribution in [0.1, 0.15) is 15.9 Å². The number of ketones is 1. The Morgan fingerprint density at radius 3 is 2.46 bits per heavy atom. The summed E-state index contributed by atoms with van der Waals surface area (Å²) in [5.41, 5.74) is 1.29. The number of alkyl halides is 2. The number of benzene rings is 1. The molecule has 0 heterocycles. The molecule has 0 radical (unpaired) electrons. The van der Waals surface area contributed by atoms with Crippen LogP contribution in [0.4, 0.5) is 0 Å². The van der Waals surface area contributed by atoms with Gasteiger partial charge in [0.25, 0.3) is 0 Å². The van der Waals surface area contributed by atoms with E-state index >= 15 is 0 Å². The summed E-state index contributed by atoms with van der Waals surface area (Å²) in [6.45, 7) is 1.79. The quantitative estimate of drug-likeness (QED) is 0.567. The lowest BCUT2D eigenvalue weighted by Gasteiger charge is -2.04. The van der Waals surface area contributed by atoms with Gasteiger partial charge < -0.3 is 0 Å². The summed E-state index contributed by atoms with van der Waals surface area (Å²) >= 11 is 16.6. The molecule has 0 atom stereocenters. The molecular formula is C9H7Cl3O. The molecule has 1 aromatic carbocycles. The maximum absolute atomic E-state index is 11.4. The van der Waals surface area contributed by atoms with Crippen molar-refractivity contribution >= 4 is 40.6 Å². The summed E-state index contributed by atoms with van der Waals surface area (Å²) in [4.78, 5) is 10.4. The van der Waals surface area contributed by atoms with Crippen LogP contribution >= 0.6 is 34.8 Å². The van der Waals surface area contributed by atoms with Crippen LogP contribution in [-0.2, 0) is 0 Å². The highest BCUT2D eigenvalue weighted by molar-refractivity contribution is 6.55. The highest BCUT2D eigenvalue weighted by atomic mass is 35.5. The van der Waals surface area contributed by atoms with Crippen LogP contribution in [0.2, 0.25) is 5.02 Å². The van der Waals surface area contributed by atoms with E-state index < -0.39 is 4.84 Å². The lowest BCUT2D eigenvalue weighted by Crippen LogP contribution is -2.09. The molecule has 1 nitrogen and oxygen atoms in total. The number of aryl methyl sites for hydroxylation is 1. The normalized spacial score (nSPS) is 10.5. The van der Waals surface area contributed by atoms with E-state index in [4.69, 9.17) is 34.8 Å². The topological polar surface area (TPSA) is 17.1 Å². The summed E-state index contributed by atoms with van der Waals surface area (Å²) in [6, 6.07) is 4.96. The van der Waals surface area contributed by atoms with Gasteiger partial charge >= 0.3 is 0 Å². The van der Waals surface area contributed by atoms with Crippen molar-refractivity contribution in [3.05, 3.63) is 34.3 Å². The number of halogens is 3. The van der Waals surface area contributed by atoms with E-state index in [1.165, 1.54) is 0 Å². The second kappa shape index (κ2) is 4.32. The standard InChI is InChI=1S/C9H7Cl3O/c1-5-4-6(10)2-3-7(5)8(13)9(11)12/h2-4,9H,1H3. The van der Waals surface area contributed by atoms with Crippen LogP contribution in [0, 0.1) is 6.92 Å². The first-order valence-electron chi connectivity index (χ1n) is 3.61. The first-order valence-corrected chi connectivity index (χ1v) is 4.86. The number of rotatable bonds is 2. The van der Waals surface area contributed by atoms with E-state index in [1.807, 2.05) is 0 Å². The fourth-order valence-electron chi connectivity index (χ4n) is 1.02. The van der Waals surface area contributed by atoms with E-state index in [0.29, 0.717) is 10.6 Å². The van der Waals surface area contributed by atoms with Gasteiger partial charge in [0.2, 0.25) is 0 Å². The van der Waals surface area contributed by atoms with Crippen molar-refractivity contribution in [2.45, 2.75) is 11.8 Å². The molecule has 1 aromatic rings. The Hall–Kier alpha value is -0.240. The van der Waals surface area contributed by atoms with Crippen LogP contribution in [0.15, 0.2) is 18.2 Å². The molecule has 0 bridgehead atoms. The third-order valence-corrected chi connectivity index (χ3v) is 2.28. The second-order valence-electron chi connectivity index (χ2n) is 2.62. The lowest BCUT2D eigenvalue weighted by atomic mass is 10.1. The van der Waals surface area contributed by atoms with Gasteiger partial charge in [-0.3, -0.25) is 4.79 Å². The molecule has 0 aliphatic rings. The average molecular weight is 238 g/mol. The zero-order valence-electron chi connectivity index (χ0n) is 6.85. The monoisotopic (exact) mass is 236 g/mol. The summed E-state index contributed by atoms with van der Waals surface area (Å²) in [5, 5.41) is 0.592. The molecule has 0 saturated carbocycles. The van der Waals surface area contributed by atoms with Gasteiger partial charge in [0.15, 0.2) is 10.6 Å². The minimum atomic E-state index is -1.01. The Kier molecular flexibility index (Phi) is 3.60. The van der Waals surface area contributed by atoms with Crippen molar-refractivity contribution < 1.29 is 4.79 Å². The van der Waals surface area contributed by atoms with Crippen LogP contribution in [-0.4, -0.2) is 10.6 Å². The third kappa shape index (κ3) is 2.60. The number of carbonyl (C=O) groups is 1. The maximum Gasteiger partial charge on any atom is 0.195 e. The van der Waals surface area contributed by atoms with Gasteiger partial charge in [0, 0.05) is 10.6 Å². The van der Waals surface area contributed by atoms with Gasteiger partial charge in [-0.25, -0.2) is 0 Å². The predicted molar refractivity (Wildman–Crippen MR) is 56.0 cm³/mol. The molecule has 0 aromatic heterocycles. The molecule has 0 spiro atoms. The fourth-order valence-corrected chi connectivity index (χ4v) is 1.48. The Labute approximate surface area is 91.6 Å². The van der Waals surface area contributed by atoms with Crippen LogP contribution in [0.5, 0.6) is 0 Å². The highest BCUT2D eigenvalue weighted by Gasteiger charge is 2.16. The molecule has 0 aliphatic carbocycles. The summed E-state index contributed by atoms with van der Waals surface area (Å²) in [6.07, 6.45) is 0. The largest absolute Gasteiger partial charge is 0.291 e.